The second kappa shape index (κ2) is 6.81. The third-order valence-electron chi connectivity index (χ3n) is 4.25. The van der Waals surface area contributed by atoms with Crippen LogP contribution in [0.1, 0.15) is 23.5 Å². The Kier molecular flexibility index (Phi) is 4.71. The summed E-state index contributed by atoms with van der Waals surface area (Å²) in [6.45, 7) is -1.38. The van der Waals surface area contributed by atoms with E-state index in [2.05, 4.69) is 10.1 Å². The number of hydrogen-bond acceptors (Lipinski definition) is 5. The maximum Gasteiger partial charge on any atom is 0.337 e. The fraction of sp³-hybridized carbons (Fsp3) is 0.294. The molecule has 138 valence electrons. The van der Waals surface area contributed by atoms with Crippen molar-refractivity contribution in [3.63, 3.8) is 0 Å². The molecule has 1 N–H and O–H groups in total. The Morgan fingerprint density at radius 2 is 2.15 bits per heavy atom. The van der Waals surface area contributed by atoms with Crippen molar-refractivity contribution in [1.29, 1.82) is 0 Å². The molecule has 0 radical (unpaired) electrons. The summed E-state index contributed by atoms with van der Waals surface area (Å²) < 4.78 is 64.0. The molecule has 0 aromatic heterocycles. The van der Waals surface area contributed by atoms with Gasteiger partial charge in [0.2, 0.25) is 0 Å². The number of ether oxygens (including phenoxy) is 2. The number of rotatable bonds is 4. The van der Waals surface area contributed by atoms with E-state index >= 15 is 0 Å². The Bertz CT molecular complexity index is 847. The van der Waals surface area contributed by atoms with E-state index in [4.69, 9.17) is 4.74 Å². The highest BCUT2D eigenvalue weighted by Crippen LogP contribution is 2.44. The van der Waals surface area contributed by atoms with Crippen molar-refractivity contribution in [1.82, 2.24) is 5.32 Å². The molecule has 2 aliphatic rings. The predicted octanol–water partition coefficient (Wildman–Crippen LogP) is 2.66. The van der Waals surface area contributed by atoms with Gasteiger partial charge in [0.15, 0.2) is 0 Å². The predicted molar refractivity (Wildman–Crippen MR) is 80.2 cm³/mol. The van der Waals surface area contributed by atoms with Crippen molar-refractivity contribution in [2.75, 3.05) is 20.4 Å². The van der Waals surface area contributed by atoms with E-state index in [1.807, 2.05) is 0 Å². The van der Waals surface area contributed by atoms with Crippen LogP contribution in [-0.4, -0.2) is 32.3 Å². The molecule has 1 atom stereocenters. The molecule has 0 spiro atoms. The fourth-order valence-electron chi connectivity index (χ4n) is 3.18. The highest BCUT2D eigenvalue weighted by molar-refractivity contribution is 6.01. The summed E-state index contributed by atoms with van der Waals surface area (Å²) in [6.07, 6.45) is -3.21. The van der Waals surface area contributed by atoms with Gasteiger partial charge in [-0.25, -0.2) is 27.2 Å². The molecule has 26 heavy (non-hydrogen) atoms. The first-order valence-corrected chi connectivity index (χ1v) is 7.51. The van der Waals surface area contributed by atoms with Gasteiger partial charge >= 0.3 is 11.9 Å². The quantitative estimate of drug-likeness (QED) is 0.651. The summed E-state index contributed by atoms with van der Waals surface area (Å²) in [4.78, 5) is 24.4. The third kappa shape index (κ3) is 2.73. The first-order valence-electron chi connectivity index (χ1n) is 7.51. The van der Waals surface area contributed by atoms with Gasteiger partial charge in [-0.3, -0.25) is 0 Å². The SMILES string of the molecule is COC(=O)C1=C(CF)NC2=C(C(=O)OC2)C1c1cccc(F)c1C(F)F. The number of cyclic esters (lactones) is 1. The van der Waals surface area contributed by atoms with Gasteiger partial charge in [0, 0.05) is 0 Å². The summed E-state index contributed by atoms with van der Waals surface area (Å²) in [5, 5.41) is 2.58. The number of halogens is 4. The molecule has 9 heteroatoms. The number of hydrogen-bond donors (Lipinski definition) is 1. The number of alkyl halides is 3. The van der Waals surface area contributed by atoms with Crippen molar-refractivity contribution < 1.29 is 36.6 Å². The summed E-state index contributed by atoms with van der Waals surface area (Å²) >= 11 is 0. The molecule has 0 saturated heterocycles. The zero-order chi connectivity index (χ0) is 19.0. The highest BCUT2D eigenvalue weighted by atomic mass is 19.3. The van der Waals surface area contributed by atoms with Crippen molar-refractivity contribution in [2.24, 2.45) is 0 Å². The Balaban J connectivity index is 2.31. The summed E-state index contributed by atoms with van der Waals surface area (Å²) in [6, 6.07) is 3.17. The minimum Gasteiger partial charge on any atom is -0.466 e. The molecule has 0 saturated carbocycles. The molecule has 1 unspecified atom stereocenters. The maximum atomic E-state index is 14.1. The van der Waals surface area contributed by atoms with E-state index in [0.717, 1.165) is 19.2 Å². The Hall–Kier alpha value is -2.84. The molecule has 1 aromatic rings. The molecule has 2 aliphatic heterocycles. The molecule has 0 bridgehead atoms. The Morgan fingerprint density at radius 3 is 2.77 bits per heavy atom. The number of nitrogens with one attached hydrogen (secondary N) is 1. The second-order valence-electron chi connectivity index (χ2n) is 5.59. The standard InChI is InChI=1S/C17H13F4NO4/c1-25-16(23)13-9(5-18)22-10-6-26-17(24)14(10)12(13)7-3-2-4-8(19)11(7)15(20)21/h2-4,12,15,22H,5-6H2,1H3. The average molecular weight is 371 g/mol. The number of allylic oxidation sites excluding steroid dienone is 1. The first kappa shape index (κ1) is 18.0. The van der Waals surface area contributed by atoms with Crippen molar-refractivity contribution in [3.8, 4) is 0 Å². The van der Waals surface area contributed by atoms with Gasteiger partial charge in [-0.2, -0.15) is 0 Å². The number of methoxy groups -OCH3 is 1. The van der Waals surface area contributed by atoms with Gasteiger partial charge in [0.05, 0.1) is 41.1 Å². The van der Waals surface area contributed by atoms with Crippen molar-refractivity contribution >= 4 is 11.9 Å². The lowest BCUT2D eigenvalue weighted by Gasteiger charge is -2.29. The van der Waals surface area contributed by atoms with Crippen LogP contribution in [0.5, 0.6) is 0 Å². The normalized spacial score (nSPS) is 19.5. The average Bonchev–Trinajstić information content (AvgIpc) is 2.99. The Morgan fingerprint density at radius 1 is 1.42 bits per heavy atom. The third-order valence-corrected chi connectivity index (χ3v) is 4.25. The molecular weight excluding hydrogens is 358 g/mol. The minimum absolute atomic E-state index is 0.143. The molecule has 0 aliphatic carbocycles. The zero-order valence-corrected chi connectivity index (χ0v) is 13.4. The van der Waals surface area contributed by atoms with E-state index in [1.165, 1.54) is 6.07 Å². The van der Waals surface area contributed by atoms with Crippen LogP contribution in [0.4, 0.5) is 17.6 Å². The summed E-state index contributed by atoms with van der Waals surface area (Å²) in [5.74, 6) is -4.51. The molecular formula is C17H13F4NO4. The smallest absolute Gasteiger partial charge is 0.337 e. The van der Waals surface area contributed by atoms with Gasteiger partial charge in [0.25, 0.3) is 6.43 Å². The molecule has 1 aromatic carbocycles. The van der Waals surface area contributed by atoms with Gasteiger partial charge in [-0.15, -0.1) is 0 Å². The lowest BCUT2D eigenvalue weighted by atomic mass is 9.79. The highest BCUT2D eigenvalue weighted by Gasteiger charge is 2.44. The van der Waals surface area contributed by atoms with Crippen LogP contribution in [0.25, 0.3) is 0 Å². The van der Waals surface area contributed by atoms with Crippen molar-refractivity contribution in [3.05, 3.63) is 57.7 Å². The van der Waals surface area contributed by atoms with Gasteiger partial charge < -0.3 is 14.8 Å². The van der Waals surface area contributed by atoms with Crippen molar-refractivity contribution in [2.45, 2.75) is 12.3 Å². The molecule has 2 heterocycles. The molecule has 5 nitrogen and oxygen atoms in total. The van der Waals surface area contributed by atoms with Crippen LogP contribution in [-0.2, 0) is 19.1 Å². The zero-order valence-electron chi connectivity index (χ0n) is 13.4. The van der Waals surface area contributed by atoms with Gasteiger partial charge in [-0.1, -0.05) is 12.1 Å². The lowest BCUT2D eigenvalue weighted by molar-refractivity contribution is -0.136. The topological polar surface area (TPSA) is 64.6 Å². The van der Waals surface area contributed by atoms with Crippen LogP contribution in [0, 0.1) is 5.82 Å². The minimum atomic E-state index is -3.21. The van der Waals surface area contributed by atoms with E-state index in [0.29, 0.717) is 0 Å². The van der Waals surface area contributed by atoms with E-state index in [9.17, 15) is 27.2 Å². The lowest BCUT2D eigenvalue weighted by Crippen LogP contribution is -2.32. The van der Waals surface area contributed by atoms with E-state index in [-0.39, 0.29) is 34.7 Å². The summed E-state index contributed by atoms with van der Waals surface area (Å²) in [7, 11) is 1.03. The first-order chi connectivity index (χ1) is 12.4. The van der Waals surface area contributed by atoms with E-state index < -0.39 is 42.3 Å². The van der Waals surface area contributed by atoms with E-state index in [1.54, 1.807) is 0 Å². The van der Waals surface area contributed by atoms with Crippen LogP contribution in [0.3, 0.4) is 0 Å². The number of carbonyl (C=O) groups is 2. The molecule has 0 amide bonds. The number of carbonyl (C=O) groups excluding carboxylic acids is 2. The number of esters is 2. The number of benzene rings is 1. The monoisotopic (exact) mass is 371 g/mol. The Labute approximate surface area is 145 Å². The van der Waals surface area contributed by atoms with Gasteiger partial charge in [-0.05, 0) is 11.6 Å². The van der Waals surface area contributed by atoms with Gasteiger partial charge in [0.1, 0.15) is 19.1 Å². The maximum absolute atomic E-state index is 14.1. The fourth-order valence-corrected chi connectivity index (χ4v) is 3.18. The van der Waals surface area contributed by atoms with Crippen LogP contribution in [0.2, 0.25) is 0 Å². The van der Waals surface area contributed by atoms with Crippen LogP contribution in [0.15, 0.2) is 40.7 Å². The van der Waals surface area contributed by atoms with Crippen LogP contribution < -0.4 is 5.32 Å². The summed E-state index contributed by atoms with van der Waals surface area (Å²) in [5.41, 5.74) is -1.91. The largest absolute Gasteiger partial charge is 0.466 e. The molecule has 0 fully saturated rings. The van der Waals surface area contributed by atoms with Crippen LogP contribution >= 0.6 is 0 Å². The number of dihydropyridines is 1. The second-order valence-corrected chi connectivity index (χ2v) is 5.59. The molecule has 3 rings (SSSR count).